The summed E-state index contributed by atoms with van der Waals surface area (Å²) in [6.45, 7) is 5.96. The van der Waals surface area contributed by atoms with Crippen molar-refractivity contribution in [2.75, 3.05) is 5.32 Å². The van der Waals surface area contributed by atoms with Crippen LogP contribution in [0.5, 0.6) is 5.75 Å². The van der Waals surface area contributed by atoms with Crippen molar-refractivity contribution >= 4 is 11.6 Å². The van der Waals surface area contributed by atoms with E-state index in [1.54, 1.807) is 6.92 Å². The Balaban J connectivity index is 1.75. The molecule has 3 rings (SSSR count). The number of ether oxygens (including phenoxy) is 1. The topological polar surface area (TPSA) is 64.4 Å². The second kappa shape index (κ2) is 7.21. The summed E-state index contributed by atoms with van der Waals surface area (Å²) in [6, 6.07) is 15.3. The van der Waals surface area contributed by atoms with E-state index < -0.39 is 0 Å². The van der Waals surface area contributed by atoms with E-state index in [-0.39, 0.29) is 18.2 Å². The molecular weight excluding hydrogens is 316 g/mol. The van der Waals surface area contributed by atoms with E-state index in [4.69, 9.17) is 9.26 Å². The van der Waals surface area contributed by atoms with Gasteiger partial charge in [0.05, 0.1) is 5.56 Å². The van der Waals surface area contributed by atoms with Crippen LogP contribution in [0.15, 0.2) is 53.1 Å². The number of aryl methyl sites for hydroxylation is 3. The summed E-state index contributed by atoms with van der Waals surface area (Å²) in [4.78, 5) is 12.5. The van der Waals surface area contributed by atoms with E-state index in [2.05, 4.69) is 10.5 Å². The second-order valence-electron chi connectivity index (χ2n) is 5.94. The minimum absolute atomic E-state index is 0.219. The van der Waals surface area contributed by atoms with Gasteiger partial charge in [0.2, 0.25) is 0 Å². The highest BCUT2D eigenvalue weighted by atomic mass is 16.5. The summed E-state index contributed by atoms with van der Waals surface area (Å²) in [5.74, 6) is 1.03. The first-order chi connectivity index (χ1) is 12.0. The molecule has 0 radical (unpaired) electrons. The summed E-state index contributed by atoms with van der Waals surface area (Å²) in [7, 11) is 0. The van der Waals surface area contributed by atoms with Gasteiger partial charge in [0.15, 0.2) is 5.69 Å². The SMILES string of the molecule is Cc1ccc(NC(=O)c2noc(C)c2COc2ccccc2C)cc1. The number of nitrogens with one attached hydrogen (secondary N) is 1. The number of hydrogen-bond acceptors (Lipinski definition) is 4. The first-order valence-corrected chi connectivity index (χ1v) is 8.06. The quantitative estimate of drug-likeness (QED) is 0.748. The Kier molecular flexibility index (Phi) is 4.84. The number of amides is 1. The molecule has 0 spiro atoms. The van der Waals surface area contributed by atoms with Crippen LogP contribution in [0.2, 0.25) is 0 Å². The number of anilines is 1. The first-order valence-electron chi connectivity index (χ1n) is 8.06. The van der Waals surface area contributed by atoms with Gasteiger partial charge >= 0.3 is 0 Å². The van der Waals surface area contributed by atoms with Gasteiger partial charge in [-0.1, -0.05) is 41.1 Å². The van der Waals surface area contributed by atoms with Crippen molar-refractivity contribution < 1.29 is 14.1 Å². The Morgan fingerprint density at radius 3 is 2.52 bits per heavy atom. The van der Waals surface area contributed by atoms with E-state index in [0.717, 1.165) is 16.9 Å². The molecule has 1 amide bonds. The third-order valence-corrected chi connectivity index (χ3v) is 3.97. The van der Waals surface area contributed by atoms with E-state index in [0.29, 0.717) is 17.0 Å². The number of aromatic nitrogens is 1. The fraction of sp³-hybridized carbons (Fsp3) is 0.200. The van der Waals surface area contributed by atoms with Gasteiger partial charge in [0.25, 0.3) is 5.91 Å². The lowest BCUT2D eigenvalue weighted by atomic mass is 10.1. The van der Waals surface area contributed by atoms with Gasteiger partial charge in [0, 0.05) is 5.69 Å². The maximum atomic E-state index is 12.5. The summed E-state index contributed by atoms with van der Waals surface area (Å²) in [5.41, 5.74) is 3.76. The van der Waals surface area contributed by atoms with Crippen molar-refractivity contribution in [3.05, 3.63) is 76.7 Å². The largest absolute Gasteiger partial charge is 0.488 e. The van der Waals surface area contributed by atoms with Crippen LogP contribution in [-0.2, 0) is 6.61 Å². The zero-order chi connectivity index (χ0) is 17.8. The monoisotopic (exact) mass is 336 g/mol. The Morgan fingerprint density at radius 1 is 1.08 bits per heavy atom. The summed E-state index contributed by atoms with van der Waals surface area (Å²) < 4.78 is 11.0. The molecule has 128 valence electrons. The maximum Gasteiger partial charge on any atom is 0.278 e. The highest BCUT2D eigenvalue weighted by Gasteiger charge is 2.20. The van der Waals surface area contributed by atoms with Crippen molar-refractivity contribution in [2.45, 2.75) is 27.4 Å². The zero-order valence-electron chi connectivity index (χ0n) is 14.5. The van der Waals surface area contributed by atoms with Crippen LogP contribution < -0.4 is 10.1 Å². The van der Waals surface area contributed by atoms with Crippen LogP contribution in [-0.4, -0.2) is 11.1 Å². The van der Waals surface area contributed by atoms with Crippen molar-refractivity contribution in [1.29, 1.82) is 0 Å². The lowest BCUT2D eigenvalue weighted by Gasteiger charge is -2.09. The average molecular weight is 336 g/mol. The molecule has 2 aromatic carbocycles. The lowest BCUT2D eigenvalue weighted by molar-refractivity contribution is 0.101. The van der Waals surface area contributed by atoms with Crippen LogP contribution >= 0.6 is 0 Å². The first kappa shape index (κ1) is 16.8. The van der Waals surface area contributed by atoms with Gasteiger partial charge in [-0.05, 0) is 44.5 Å². The molecule has 0 bridgehead atoms. The minimum atomic E-state index is -0.316. The number of hydrogen-bond donors (Lipinski definition) is 1. The van der Waals surface area contributed by atoms with E-state index in [1.807, 2.05) is 62.4 Å². The van der Waals surface area contributed by atoms with Crippen LogP contribution in [0.4, 0.5) is 5.69 Å². The van der Waals surface area contributed by atoms with E-state index in [9.17, 15) is 4.79 Å². The molecule has 25 heavy (non-hydrogen) atoms. The second-order valence-corrected chi connectivity index (χ2v) is 5.94. The summed E-state index contributed by atoms with van der Waals surface area (Å²) in [5, 5.41) is 6.73. The number of rotatable bonds is 5. The molecular formula is C20H20N2O3. The molecule has 0 saturated heterocycles. The van der Waals surface area contributed by atoms with Gasteiger partial charge in [-0.2, -0.15) is 0 Å². The standard InChI is InChI=1S/C20H20N2O3/c1-13-8-10-16(11-9-13)21-20(23)19-17(15(3)25-22-19)12-24-18-7-5-4-6-14(18)2/h4-11H,12H2,1-3H3,(H,21,23). The van der Waals surface area contributed by atoms with Crippen molar-refractivity contribution in [1.82, 2.24) is 5.16 Å². The number of carbonyl (C=O) groups excluding carboxylic acids is 1. The summed E-state index contributed by atoms with van der Waals surface area (Å²) >= 11 is 0. The van der Waals surface area contributed by atoms with Gasteiger partial charge in [-0.3, -0.25) is 4.79 Å². The molecule has 0 aliphatic carbocycles. The van der Waals surface area contributed by atoms with Gasteiger partial charge in [-0.15, -0.1) is 0 Å². The van der Waals surface area contributed by atoms with Crippen LogP contribution in [0, 0.1) is 20.8 Å². The molecule has 0 saturated carbocycles. The fourth-order valence-corrected chi connectivity index (χ4v) is 2.44. The van der Waals surface area contributed by atoms with Gasteiger partial charge in [0.1, 0.15) is 18.1 Å². The number of carbonyl (C=O) groups is 1. The van der Waals surface area contributed by atoms with Gasteiger partial charge in [-0.25, -0.2) is 0 Å². The van der Waals surface area contributed by atoms with E-state index in [1.165, 1.54) is 0 Å². The smallest absolute Gasteiger partial charge is 0.278 e. The van der Waals surface area contributed by atoms with Crippen LogP contribution in [0.1, 0.15) is 32.9 Å². The van der Waals surface area contributed by atoms with Crippen molar-refractivity contribution in [3.63, 3.8) is 0 Å². The summed E-state index contributed by atoms with van der Waals surface area (Å²) in [6.07, 6.45) is 0. The number of benzene rings is 2. The lowest BCUT2D eigenvalue weighted by Crippen LogP contribution is -2.15. The molecule has 0 aliphatic heterocycles. The average Bonchev–Trinajstić information content (AvgIpc) is 2.97. The molecule has 0 fully saturated rings. The Morgan fingerprint density at radius 2 is 1.80 bits per heavy atom. The molecule has 0 unspecified atom stereocenters. The highest BCUT2D eigenvalue weighted by Crippen LogP contribution is 2.21. The highest BCUT2D eigenvalue weighted by molar-refractivity contribution is 6.03. The van der Waals surface area contributed by atoms with Crippen LogP contribution in [0.25, 0.3) is 0 Å². The van der Waals surface area contributed by atoms with E-state index >= 15 is 0 Å². The Labute approximate surface area is 146 Å². The van der Waals surface area contributed by atoms with Crippen molar-refractivity contribution in [2.24, 2.45) is 0 Å². The number of para-hydroxylation sites is 1. The Bertz CT molecular complexity index is 882. The van der Waals surface area contributed by atoms with Gasteiger partial charge < -0.3 is 14.6 Å². The molecule has 3 aromatic rings. The predicted molar refractivity (Wildman–Crippen MR) is 95.9 cm³/mol. The fourth-order valence-electron chi connectivity index (χ4n) is 2.44. The predicted octanol–water partition coefficient (Wildman–Crippen LogP) is 4.43. The number of nitrogens with zero attached hydrogens (tertiary/aromatic N) is 1. The molecule has 0 atom stereocenters. The molecule has 1 N–H and O–H groups in total. The van der Waals surface area contributed by atoms with Crippen LogP contribution in [0.3, 0.4) is 0 Å². The molecule has 5 nitrogen and oxygen atoms in total. The maximum absolute atomic E-state index is 12.5. The molecule has 1 heterocycles. The molecule has 0 aliphatic rings. The molecule has 5 heteroatoms. The normalized spacial score (nSPS) is 10.5. The molecule has 1 aromatic heterocycles. The third-order valence-electron chi connectivity index (χ3n) is 3.97. The zero-order valence-corrected chi connectivity index (χ0v) is 14.5. The third kappa shape index (κ3) is 3.88. The minimum Gasteiger partial charge on any atom is -0.488 e. The Hall–Kier alpha value is -3.08. The van der Waals surface area contributed by atoms with Crippen molar-refractivity contribution in [3.8, 4) is 5.75 Å².